The molecule has 18 heavy (non-hydrogen) atoms. The molecule has 3 atom stereocenters. The zero-order valence-electron chi connectivity index (χ0n) is 9.67. The fourth-order valence-corrected chi connectivity index (χ4v) is 5.46. The summed E-state index contributed by atoms with van der Waals surface area (Å²) in [5.74, 6) is 0.498. The monoisotopic (exact) mass is 286 g/mol. The summed E-state index contributed by atoms with van der Waals surface area (Å²) < 4.78 is 0. The van der Waals surface area contributed by atoms with Gasteiger partial charge in [-0.2, -0.15) is 11.8 Å². The molecule has 98 valence electrons. The predicted octanol–water partition coefficient (Wildman–Crippen LogP) is 0.463. The van der Waals surface area contributed by atoms with E-state index in [4.69, 9.17) is 5.73 Å². The summed E-state index contributed by atoms with van der Waals surface area (Å²) in [7, 11) is 0. The van der Waals surface area contributed by atoms with Gasteiger partial charge in [0.2, 0.25) is 5.91 Å². The van der Waals surface area contributed by atoms with Crippen LogP contribution < -0.4 is 5.73 Å². The van der Waals surface area contributed by atoms with E-state index in [2.05, 4.69) is 0 Å². The number of carboxylic acids is 1. The summed E-state index contributed by atoms with van der Waals surface area (Å²) in [4.78, 5) is 24.6. The highest BCUT2D eigenvalue weighted by atomic mass is 32.2. The van der Waals surface area contributed by atoms with Gasteiger partial charge in [0.05, 0.1) is 0 Å². The number of aliphatic carboxylic acids is 1. The molecule has 0 spiro atoms. The summed E-state index contributed by atoms with van der Waals surface area (Å²) in [6, 6.07) is -0.540. The van der Waals surface area contributed by atoms with Crippen LogP contribution in [0.4, 0.5) is 0 Å². The molecule has 2 fully saturated rings. The van der Waals surface area contributed by atoms with Gasteiger partial charge in [-0.1, -0.05) is 0 Å². The molecule has 3 aliphatic rings. The third-order valence-corrected chi connectivity index (χ3v) is 6.33. The van der Waals surface area contributed by atoms with E-state index in [1.54, 1.807) is 23.5 Å². The summed E-state index contributed by atoms with van der Waals surface area (Å²) in [6.07, 6.45) is 2.13. The lowest BCUT2D eigenvalue weighted by molar-refractivity contribution is -0.148. The molecule has 0 aromatic heterocycles. The molecule has 2 unspecified atom stereocenters. The zero-order chi connectivity index (χ0) is 12.9. The Labute approximate surface area is 113 Å². The Kier molecular flexibility index (Phi) is 3.07. The van der Waals surface area contributed by atoms with E-state index in [9.17, 15) is 14.7 Å². The average molecular weight is 286 g/mol. The highest BCUT2D eigenvalue weighted by Gasteiger charge is 2.52. The molecule has 0 aromatic carbocycles. The number of amides is 1. The SMILES string of the molecule is NC1C(=O)N2C(C(=O)O)=C(C3CCCS3)CS[C@H]12. The normalized spacial score (nSPS) is 35.5. The second-order valence-corrected chi connectivity index (χ2v) is 7.03. The van der Waals surface area contributed by atoms with Gasteiger partial charge in [-0.25, -0.2) is 4.79 Å². The molecular weight excluding hydrogens is 272 g/mol. The van der Waals surface area contributed by atoms with E-state index in [-0.39, 0.29) is 22.2 Å². The number of nitrogens with two attached hydrogens (primary N) is 1. The smallest absolute Gasteiger partial charge is 0.352 e. The summed E-state index contributed by atoms with van der Waals surface area (Å²) in [5, 5.41) is 9.46. The zero-order valence-corrected chi connectivity index (χ0v) is 11.3. The highest BCUT2D eigenvalue weighted by Crippen LogP contribution is 2.44. The van der Waals surface area contributed by atoms with Crippen molar-refractivity contribution in [1.29, 1.82) is 0 Å². The molecule has 0 saturated carbocycles. The largest absolute Gasteiger partial charge is 0.477 e. The van der Waals surface area contributed by atoms with Gasteiger partial charge in [-0.15, -0.1) is 11.8 Å². The molecular formula is C11H14N2O3S2. The molecule has 3 rings (SSSR count). The molecule has 1 amide bonds. The van der Waals surface area contributed by atoms with E-state index >= 15 is 0 Å². The molecule has 0 aliphatic carbocycles. The first kappa shape index (κ1) is 12.4. The van der Waals surface area contributed by atoms with E-state index in [1.807, 2.05) is 0 Å². The molecule has 3 heterocycles. The van der Waals surface area contributed by atoms with Crippen molar-refractivity contribution in [1.82, 2.24) is 4.90 Å². The molecule has 5 nitrogen and oxygen atoms in total. The maximum atomic E-state index is 11.8. The Morgan fingerprint density at radius 3 is 2.83 bits per heavy atom. The van der Waals surface area contributed by atoms with Gasteiger partial charge in [-0.3, -0.25) is 9.69 Å². The van der Waals surface area contributed by atoms with Crippen molar-refractivity contribution in [2.75, 3.05) is 11.5 Å². The van der Waals surface area contributed by atoms with Gasteiger partial charge in [0.1, 0.15) is 17.1 Å². The van der Waals surface area contributed by atoms with Crippen molar-refractivity contribution in [3.63, 3.8) is 0 Å². The number of hydrogen-bond donors (Lipinski definition) is 2. The molecule has 2 saturated heterocycles. The summed E-state index contributed by atoms with van der Waals surface area (Å²) in [5.41, 5.74) is 6.81. The van der Waals surface area contributed by atoms with Crippen molar-refractivity contribution in [2.24, 2.45) is 5.73 Å². The van der Waals surface area contributed by atoms with Crippen LogP contribution in [0.25, 0.3) is 0 Å². The molecule has 3 N–H and O–H groups in total. The van der Waals surface area contributed by atoms with Crippen LogP contribution in [0, 0.1) is 0 Å². The van der Waals surface area contributed by atoms with Crippen LogP contribution in [0.5, 0.6) is 0 Å². The predicted molar refractivity (Wildman–Crippen MR) is 71.2 cm³/mol. The lowest BCUT2D eigenvalue weighted by atomic mass is 10.0. The third-order valence-electron chi connectivity index (χ3n) is 3.56. The first-order chi connectivity index (χ1) is 8.61. The second-order valence-electron chi connectivity index (χ2n) is 4.62. The molecule has 0 bridgehead atoms. The number of nitrogens with zero attached hydrogens (tertiary/aromatic N) is 1. The number of fused-ring (bicyclic) bond motifs is 1. The van der Waals surface area contributed by atoms with Crippen molar-refractivity contribution in [3.05, 3.63) is 11.3 Å². The molecule has 7 heteroatoms. The Morgan fingerprint density at radius 1 is 1.44 bits per heavy atom. The van der Waals surface area contributed by atoms with Crippen LogP contribution in [0.3, 0.4) is 0 Å². The molecule has 0 radical (unpaired) electrons. The van der Waals surface area contributed by atoms with Crippen LogP contribution in [0.2, 0.25) is 0 Å². The van der Waals surface area contributed by atoms with E-state index in [1.165, 1.54) is 4.90 Å². The van der Waals surface area contributed by atoms with E-state index in [0.29, 0.717) is 5.75 Å². The Hall–Kier alpha value is -0.660. The Balaban J connectivity index is 1.97. The average Bonchev–Trinajstić information content (AvgIpc) is 2.89. The highest BCUT2D eigenvalue weighted by molar-refractivity contribution is 8.01. The number of thioether (sulfide) groups is 2. The van der Waals surface area contributed by atoms with Crippen LogP contribution in [-0.4, -0.2) is 50.1 Å². The number of β-lactam (4-membered cyclic amide) rings is 1. The van der Waals surface area contributed by atoms with Crippen LogP contribution in [0.15, 0.2) is 11.3 Å². The maximum Gasteiger partial charge on any atom is 0.352 e. The molecule has 3 aliphatic heterocycles. The second kappa shape index (κ2) is 4.47. The fraction of sp³-hybridized carbons (Fsp3) is 0.636. The lowest BCUT2D eigenvalue weighted by Gasteiger charge is -2.48. The number of rotatable bonds is 2. The van der Waals surface area contributed by atoms with Gasteiger partial charge < -0.3 is 10.8 Å². The third kappa shape index (κ3) is 1.68. The first-order valence-electron chi connectivity index (χ1n) is 5.89. The van der Waals surface area contributed by atoms with Gasteiger partial charge in [-0.05, 0) is 24.2 Å². The van der Waals surface area contributed by atoms with Crippen LogP contribution >= 0.6 is 23.5 Å². The summed E-state index contributed by atoms with van der Waals surface area (Å²) in [6.45, 7) is 0. The Bertz CT molecular complexity index is 446. The minimum atomic E-state index is -0.997. The van der Waals surface area contributed by atoms with Crippen molar-refractivity contribution < 1.29 is 14.7 Å². The van der Waals surface area contributed by atoms with Gasteiger partial charge >= 0.3 is 5.97 Å². The van der Waals surface area contributed by atoms with E-state index < -0.39 is 12.0 Å². The van der Waals surface area contributed by atoms with Gasteiger partial charge in [0, 0.05) is 11.0 Å². The minimum absolute atomic E-state index is 0.182. The van der Waals surface area contributed by atoms with Crippen molar-refractivity contribution >= 4 is 35.4 Å². The number of carbonyl (C=O) groups excluding carboxylic acids is 1. The standard InChI is InChI=1S/C11H14N2O3S2/c12-7-9(14)13-8(11(15)16)5(4-18-10(7)13)6-2-1-3-17-6/h6-7,10H,1-4,12H2,(H,15,16)/t6?,7?,10-/m1/s1. The van der Waals surface area contributed by atoms with E-state index in [0.717, 1.165) is 24.2 Å². The number of carboxylic acid groups (broad SMARTS) is 1. The maximum absolute atomic E-state index is 11.8. The summed E-state index contributed by atoms with van der Waals surface area (Å²) >= 11 is 3.38. The van der Waals surface area contributed by atoms with Crippen LogP contribution in [0.1, 0.15) is 12.8 Å². The van der Waals surface area contributed by atoms with Crippen molar-refractivity contribution in [3.8, 4) is 0 Å². The lowest BCUT2D eigenvalue weighted by Crippen LogP contribution is -2.68. The van der Waals surface area contributed by atoms with Crippen molar-refractivity contribution in [2.45, 2.75) is 29.5 Å². The quantitative estimate of drug-likeness (QED) is 0.718. The van der Waals surface area contributed by atoms with Crippen LogP contribution in [-0.2, 0) is 9.59 Å². The van der Waals surface area contributed by atoms with Gasteiger partial charge in [0.25, 0.3) is 0 Å². The van der Waals surface area contributed by atoms with Gasteiger partial charge in [0.15, 0.2) is 0 Å². The minimum Gasteiger partial charge on any atom is -0.477 e. The number of carbonyl (C=O) groups is 2. The topological polar surface area (TPSA) is 83.6 Å². The fourth-order valence-electron chi connectivity index (χ4n) is 2.64. The first-order valence-corrected chi connectivity index (χ1v) is 7.99. The molecule has 0 aromatic rings. The Morgan fingerprint density at radius 2 is 2.22 bits per heavy atom. The number of hydrogen-bond acceptors (Lipinski definition) is 5.